The highest BCUT2D eigenvalue weighted by Crippen LogP contribution is 2.27. The SMILES string of the molecule is C[C@@H](OC(=O)c1ccccc1O)C(=O)NC1(C#N)CCCCC1. The van der Waals surface area contributed by atoms with Crippen molar-refractivity contribution in [2.24, 2.45) is 0 Å². The lowest BCUT2D eigenvalue weighted by Gasteiger charge is -2.32. The predicted molar refractivity (Wildman–Crippen MR) is 82.6 cm³/mol. The zero-order valence-electron chi connectivity index (χ0n) is 13.0. The first-order valence-corrected chi connectivity index (χ1v) is 7.70. The average molecular weight is 316 g/mol. The van der Waals surface area contributed by atoms with Gasteiger partial charge < -0.3 is 15.2 Å². The summed E-state index contributed by atoms with van der Waals surface area (Å²) in [5.74, 6) is -1.48. The van der Waals surface area contributed by atoms with E-state index in [-0.39, 0.29) is 11.3 Å². The highest BCUT2D eigenvalue weighted by molar-refractivity contribution is 5.94. The van der Waals surface area contributed by atoms with Crippen molar-refractivity contribution in [3.63, 3.8) is 0 Å². The van der Waals surface area contributed by atoms with E-state index in [0.29, 0.717) is 12.8 Å². The lowest BCUT2D eigenvalue weighted by molar-refractivity contribution is -0.130. The van der Waals surface area contributed by atoms with Gasteiger partial charge in [-0.2, -0.15) is 5.26 Å². The summed E-state index contributed by atoms with van der Waals surface area (Å²) in [7, 11) is 0. The molecular weight excluding hydrogens is 296 g/mol. The molecule has 6 heteroatoms. The van der Waals surface area contributed by atoms with Crippen molar-refractivity contribution in [2.75, 3.05) is 0 Å². The van der Waals surface area contributed by atoms with Crippen molar-refractivity contribution in [3.8, 4) is 11.8 Å². The molecule has 1 aliphatic rings. The number of phenols is 1. The molecule has 2 N–H and O–H groups in total. The minimum atomic E-state index is -1.05. The van der Waals surface area contributed by atoms with E-state index in [9.17, 15) is 20.0 Å². The number of hydrogen-bond acceptors (Lipinski definition) is 5. The molecule has 1 atom stereocenters. The third-order valence-corrected chi connectivity index (χ3v) is 4.06. The van der Waals surface area contributed by atoms with E-state index in [0.717, 1.165) is 19.3 Å². The van der Waals surface area contributed by atoms with E-state index in [2.05, 4.69) is 11.4 Å². The van der Waals surface area contributed by atoms with Gasteiger partial charge in [-0.1, -0.05) is 31.4 Å². The van der Waals surface area contributed by atoms with Gasteiger partial charge >= 0.3 is 5.97 Å². The highest BCUT2D eigenvalue weighted by Gasteiger charge is 2.35. The molecule has 1 fully saturated rings. The smallest absolute Gasteiger partial charge is 0.342 e. The van der Waals surface area contributed by atoms with E-state index in [4.69, 9.17) is 4.74 Å². The van der Waals surface area contributed by atoms with Crippen LogP contribution in [0.4, 0.5) is 0 Å². The Labute approximate surface area is 135 Å². The summed E-state index contributed by atoms with van der Waals surface area (Å²) in [6.07, 6.45) is 3.00. The number of nitrogens with one attached hydrogen (secondary N) is 1. The molecule has 0 bridgehead atoms. The summed E-state index contributed by atoms with van der Waals surface area (Å²) in [6, 6.07) is 8.15. The van der Waals surface area contributed by atoms with E-state index in [1.54, 1.807) is 12.1 Å². The number of amides is 1. The Morgan fingerprint density at radius 1 is 1.30 bits per heavy atom. The Morgan fingerprint density at radius 2 is 1.96 bits per heavy atom. The van der Waals surface area contributed by atoms with Crippen molar-refractivity contribution in [2.45, 2.75) is 50.7 Å². The van der Waals surface area contributed by atoms with Gasteiger partial charge in [0.15, 0.2) is 6.10 Å². The van der Waals surface area contributed by atoms with Gasteiger partial charge in [0.1, 0.15) is 16.9 Å². The van der Waals surface area contributed by atoms with Crippen LogP contribution in [0, 0.1) is 11.3 Å². The molecule has 0 spiro atoms. The monoisotopic (exact) mass is 316 g/mol. The van der Waals surface area contributed by atoms with Crippen LogP contribution in [0.2, 0.25) is 0 Å². The van der Waals surface area contributed by atoms with Crippen LogP contribution < -0.4 is 5.32 Å². The molecule has 6 nitrogen and oxygen atoms in total. The maximum atomic E-state index is 12.2. The number of phenolic OH excluding ortho intramolecular Hbond substituents is 1. The van der Waals surface area contributed by atoms with Crippen LogP contribution in [0.1, 0.15) is 49.4 Å². The van der Waals surface area contributed by atoms with Gasteiger partial charge in [-0.3, -0.25) is 4.79 Å². The van der Waals surface area contributed by atoms with Crippen molar-refractivity contribution in [3.05, 3.63) is 29.8 Å². The van der Waals surface area contributed by atoms with Crippen molar-refractivity contribution >= 4 is 11.9 Å². The first kappa shape index (κ1) is 16.8. The number of carbonyl (C=O) groups excluding carboxylic acids is 2. The van der Waals surface area contributed by atoms with Gasteiger partial charge in [-0.05, 0) is 31.9 Å². The normalized spacial score (nSPS) is 17.6. The van der Waals surface area contributed by atoms with E-state index in [1.807, 2.05) is 0 Å². The Hall–Kier alpha value is -2.55. The summed E-state index contributed by atoms with van der Waals surface area (Å²) >= 11 is 0. The van der Waals surface area contributed by atoms with Gasteiger partial charge in [-0.25, -0.2) is 4.79 Å². The first-order chi connectivity index (χ1) is 11.0. The Morgan fingerprint density at radius 3 is 2.57 bits per heavy atom. The highest BCUT2D eigenvalue weighted by atomic mass is 16.5. The number of ether oxygens (including phenoxy) is 1. The molecule has 0 aliphatic heterocycles. The molecule has 1 aromatic rings. The largest absolute Gasteiger partial charge is 0.507 e. The zero-order chi connectivity index (χ0) is 16.9. The van der Waals surface area contributed by atoms with E-state index in [1.165, 1.54) is 19.1 Å². The van der Waals surface area contributed by atoms with Crippen molar-refractivity contribution in [1.82, 2.24) is 5.32 Å². The summed E-state index contributed by atoms with van der Waals surface area (Å²) in [5.41, 5.74) is -0.870. The molecule has 0 radical (unpaired) electrons. The van der Waals surface area contributed by atoms with Gasteiger partial charge in [0.2, 0.25) is 0 Å². The second-order valence-electron chi connectivity index (χ2n) is 5.81. The second-order valence-corrected chi connectivity index (χ2v) is 5.81. The molecule has 2 rings (SSSR count). The number of benzene rings is 1. The molecule has 0 unspecified atom stereocenters. The minimum Gasteiger partial charge on any atom is -0.507 e. The number of para-hydroxylation sites is 1. The fraction of sp³-hybridized carbons (Fsp3) is 0.471. The number of carbonyl (C=O) groups is 2. The van der Waals surface area contributed by atoms with Crippen LogP contribution in [0.3, 0.4) is 0 Å². The maximum absolute atomic E-state index is 12.2. The van der Waals surface area contributed by atoms with Gasteiger partial charge in [0, 0.05) is 0 Å². The number of nitriles is 1. The van der Waals surface area contributed by atoms with Crippen LogP contribution >= 0.6 is 0 Å². The topological polar surface area (TPSA) is 99.4 Å². The lowest BCUT2D eigenvalue weighted by atomic mass is 9.83. The number of rotatable bonds is 4. The summed E-state index contributed by atoms with van der Waals surface area (Å²) in [4.78, 5) is 24.2. The summed E-state index contributed by atoms with van der Waals surface area (Å²) in [6.45, 7) is 1.45. The van der Waals surface area contributed by atoms with Crippen molar-refractivity contribution < 1.29 is 19.4 Å². The zero-order valence-corrected chi connectivity index (χ0v) is 13.0. The molecule has 0 saturated heterocycles. The van der Waals surface area contributed by atoms with E-state index < -0.39 is 23.5 Å². The molecule has 0 heterocycles. The molecule has 1 amide bonds. The third kappa shape index (κ3) is 4.01. The predicted octanol–water partition coefficient (Wildman–Crippen LogP) is 2.28. The van der Waals surface area contributed by atoms with Crippen LogP contribution in [0.5, 0.6) is 5.75 Å². The van der Waals surface area contributed by atoms with Crippen LogP contribution in [0.15, 0.2) is 24.3 Å². The standard InChI is InChI=1S/C17H20N2O4/c1-12(23-16(22)13-7-3-4-8-14(13)20)15(21)19-17(11-18)9-5-2-6-10-17/h3-4,7-8,12,20H,2,5-6,9-10H2,1H3,(H,19,21)/t12-/m1/s1. The first-order valence-electron chi connectivity index (χ1n) is 7.70. The number of esters is 1. The molecule has 0 aromatic heterocycles. The number of nitrogens with zero attached hydrogens (tertiary/aromatic N) is 1. The minimum absolute atomic E-state index is 0.000173. The summed E-state index contributed by atoms with van der Waals surface area (Å²) in [5, 5.41) is 21.7. The average Bonchev–Trinajstić information content (AvgIpc) is 2.55. The fourth-order valence-corrected chi connectivity index (χ4v) is 2.68. The third-order valence-electron chi connectivity index (χ3n) is 4.06. The molecule has 1 saturated carbocycles. The van der Waals surface area contributed by atoms with Gasteiger partial charge in [-0.15, -0.1) is 0 Å². The Kier molecular flexibility index (Phi) is 5.22. The Bertz CT molecular complexity index is 630. The van der Waals surface area contributed by atoms with Gasteiger partial charge in [0.05, 0.1) is 6.07 Å². The van der Waals surface area contributed by atoms with Crippen LogP contribution in [-0.2, 0) is 9.53 Å². The molecule has 122 valence electrons. The van der Waals surface area contributed by atoms with E-state index >= 15 is 0 Å². The fourth-order valence-electron chi connectivity index (χ4n) is 2.68. The summed E-state index contributed by atoms with van der Waals surface area (Å²) < 4.78 is 5.09. The molecular formula is C17H20N2O4. The van der Waals surface area contributed by atoms with Crippen LogP contribution in [0.25, 0.3) is 0 Å². The maximum Gasteiger partial charge on any atom is 0.342 e. The second kappa shape index (κ2) is 7.14. The van der Waals surface area contributed by atoms with Gasteiger partial charge in [0.25, 0.3) is 5.91 Å². The molecule has 1 aliphatic carbocycles. The number of aromatic hydroxyl groups is 1. The molecule has 23 heavy (non-hydrogen) atoms. The Balaban J connectivity index is 1.99. The lowest BCUT2D eigenvalue weighted by Crippen LogP contribution is -2.52. The number of hydrogen-bond donors (Lipinski definition) is 2. The quantitative estimate of drug-likeness (QED) is 0.830. The van der Waals surface area contributed by atoms with Crippen molar-refractivity contribution in [1.29, 1.82) is 5.26 Å². The van der Waals surface area contributed by atoms with Crippen LogP contribution in [-0.4, -0.2) is 28.6 Å². The molecule has 1 aromatic carbocycles.